The normalized spacial score (nSPS) is 21.6. The maximum atomic E-state index is 13.0. The molecule has 0 bridgehead atoms. The summed E-state index contributed by atoms with van der Waals surface area (Å²) in [5.74, 6) is 0.110. The number of nitrogens with one attached hydrogen (secondary N) is 1. The number of nitriles is 1. The minimum atomic E-state index is -0.0440. The molecule has 2 aliphatic rings. The Bertz CT molecular complexity index is 883. The molecule has 0 amide bonds. The molecule has 2 aromatic carbocycles. The average molecular weight is 342 g/mol. The first-order chi connectivity index (χ1) is 12.8. The second-order valence-electron chi connectivity index (χ2n) is 7.18. The van der Waals surface area contributed by atoms with Crippen molar-refractivity contribution >= 4 is 11.9 Å². The van der Waals surface area contributed by atoms with Crippen molar-refractivity contribution in [1.82, 2.24) is 5.32 Å². The van der Waals surface area contributed by atoms with Crippen LogP contribution in [0.3, 0.4) is 0 Å². The Kier molecular flexibility index (Phi) is 4.69. The molecular weight excluding hydrogens is 320 g/mol. The molecule has 1 fully saturated rings. The predicted molar refractivity (Wildman–Crippen MR) is 103 cm³/mol. The first kappa shape index (κ1) is 16.8. The van der Waals surface area contributed by atoms with E-state index in [1.807, 2.05) is 36.4 Å². The van der Waals surface area contributed by atoms with E-state index in [0.717, 1.165) is 22.3 Å². The van der Waals surface area contributed by atoms with Gasteiger partial charge in [0.1, 0.15) is 0 Å². The van der Waals surface area contributed by atoms with Crippen LogP contribution in [0.4, 0.5) is 0 Å². The molecule has 130 valence electrons. The molecule has 4 rings (SSSR count). The Hall–Kier alpha value is -2.70. The molecule has 1 N–H and O–H groups in total. The maximum Gasteiger partial charge on any atom is 0.191 e. The second-order valence-corrected chi connectivity index (χ2v) is 7.18. The van der Waals surface area contributed by atoms with Crippen LogP contribution in [0.15, 0.2) is 54.1 Å². The minimum absolute atomic E-state index is 0.0440. The third-order valence-electron chi connectivity index (χ3n) is 5.46. The molecular formula is C23H22N2O. The van der Waals surface area contributed by atoms with Gasteiger partial charge < -0.3 is 5.32 Å². The number of hydrogen-bond donors (Lipinski definition) is 1. The summed E-state index contributed by atoms with van der Waals surface area (Å²) in [6.07, 6.45) is 8.16. The zero-order valence-electron chi connectivity index (χ0n) is 14.7. The van der Waals surface area contributed by atoms with Crippen LogP contribution in [-0.4, -0.2) is 11.8 Å². The SMILES string of the molecule is N#Cc1ccc(C=C2C(=O)c3ccccc3C2NC2CCCCC2)cc1. The third kappa shape index (κ3) is 3.21. The number of carbonyl (C=O) groups is 1. The van der Waals surface area contributed by atoms with Crippen LogP contribution in [0.25, 0.3) is 6.08 Å². The highest BCUT2D eigenvalue weighted by molar-refractivity contribution is 6.16. The molecule has 0 radical (unpaired) electrons. The lowest BCUT2D eigenvalue weighted by Gasteiger charge is -2.27. The fourth-order valence-corrected chi connectivity index (χ4v) is 4.08. The van der Waals surface area contributed by atoms with Gasteiger partial charge in [0.2, 0.25) is 0 Å². The van der Waals surface area contributed by atoms with Gasteiger partial charge >= 0.3 is 0 Å². The number of ketones is 1. The topological polar surface area (TPSA) is 52.9 Å². The van der Waals surface area contributed by atoms with Crippen molar-refractivity contribution in [3.63, 3.8) is 0 Å². The van der Waals surface area contributed by atoms with Crippen molar-refractivity contribution in [1.29, 1.82) is 5.26 Å². The number of fused-ring (bicyclic) bond motifs is 1. The van der Waals surface area contributed by atoms with Crippen LogP contribution in [0.5, 0.6) is 0 Å². The van der Waals surface area contributed by atoms with Gasteiger partial charge in [-0.3, -0.25) is 4.79 Å². The molecule has 0 aliphatic heterocycles. The van der Waals surface area contributed by atoms with Gasteiger partial charge in [-0.05, 0) is 42.2 Å². The van der Waals surface area contributed by atoms with Crippen LogP contribution < -0.4 is 5.32 Å². The Morgan fingerprint density at radius 3 is 2.46 bits per heavy atom. The lowest BCUT2D eigenvalue weighted by atomic mass is 9.93. The molecule has 3 heteroatoms. The molecule has 0 heterocycles. The van der Waals surface area contributed by atoms with E-state index in [0.29, 0.717) is 11.6 Å². The number of hydrogen-bond acceptors (Lipinski definition) is 3. The zero-order chi connectivity index (χ0) is 17.9. The summed E-state index contributed by atoms with van der Waals surface area (Å²) in [5, 5.41) is 12.7. The monoisotopic (exact) mass is 342 g/mol. The van der Waals surface area contributed by atoms with E-state index in [2.05, 4.69) is 17.5 Å². The average Bonchev–Trinajstić information content (AvgIpc) is 2.95. The number of Topliss-reactive ketones (excluding diaryl/α,β-unsaturated/α-hetero) is 1. The molecule has 26 heavy (non-hydrogen) atoms. The van der Waals surface area contributed by atoms with E-state index in [1.54, 1.807) is 12.1 Å². The van der Waals surface area contributed by atoms with Gasteiger partial charge in [-0.2, -0.15) is 5.26 Å². The highest BCUT2D eigenvalue weighted by Gasteiger charge is 2.35. The van der Waals surface area contributed by atoms with Crippen molar-refractivity contribution < 1.29 is 4.79 Å². The molecule has 0 saturated heterocycles. The Morgan fingerprint density at radius 1 is 1.00 bits per heavy atom. The zero-order valence-corrected chi connectivity index (χ0v) is 14.7. The van der Waals surface area contributed by atoms with E-state index in [4.69, 9.17) is 5.26 Å². The van der Waals surface area contributed by atoms with Gasteiger partial charge in [0, 0.05) is 17.2 Å². The second kappa shape index (κ2) is 7.27. The van der Waals surface area contributed by atoms with Crippen LogP contribution in [0.2, 0.25) is 0 Å². The van der Waals surface area contributed by atoms with E-state index < -0.39 is 0 Å². The summed E-state index contributed by atoms with van der Waals surface area (Å²) in [6.45, 7) is 0. The van der Waals surface area contributed by atoms with Crippen LogP contribution in [-0.2, 0) is 0 Å². The minimum Gasteiger partial charge on any atom is -0.303 e. The van der Waals surface area contributed by atoms with Gasteiger partial charge in [0.25, 0.3) is 0 Å². The van der Waals surface area contributed by atoms with E-state index in [9.17, 15) is 4.79 Å². The molecule has 2 aromatic rings. The Labute approximate surface area is 154 Å². The van der Waals surface area contributed by atoms with E-state index >= 15 is 0 Å². The Morgan fingerprint density at radius 2 is 1.73 bits per heavy atom. The van der Waals surface area contributed by atoms with Gasteiger partial charge in [-0.25, -0.2) is 0 Å². The van der Waals surface area contributed by atoms with Gasteiger partial charge in [-0.1, -0.05) is 55.7 Å². The molecule has 0 aromatic heterocycles. The highest BCUT2D eigenvalue weighted by Crippen LogP contribution is 2.38. The fraction of sp³-hybridized carbons (Fsp3) is 0.304. The van der Waals surface area contributed by atoms with Gasteiger partial charge in [0.05, 0.1) is 17.7 Å². The summed E-state index contributed by atoms with van der Waals surface area (Å²) in [7, 11) is 0. The molecule has 1 unspecified atom stereocenters. The predicted octanol–water partition coefficient (Wildman–Crippen LogP) is 4.80. The largest absolute Gasteiger partial charge is 0.303 e. The molecule has 3 nitrogen and oxygen atoms in total. The fourth-order valence-electron chi connectivity index (χ4n) is 4.08. The summed E-state index contributed by atoms with van der Waals surface area (Å²) in [5.41, 5.74) is 4.28. The first-order valence-electron chi connectivity index (χ1n) is 9.37. The lowest BCUT2D eigenvalue weighted by Crippen LogP contribution is -2.34. The third-order valence-corrected chi connectivity index (χ3v) is 5.46. The number of nitrogens with zero attached hydrogens (tertiary/aromatic N) is 1. The number of benzene rings is 2. The van der Waals surface area contributed by atoms with Crippen LogP contribution in [0.1, 0.15) is 65.2 Å². The number of carbonyl (C=O) groups excluding carboxylic acids is 1. The van der Waals surface area contributed by atoms with E-state index in [1.165, 1.54) is 32.1 Å². The van der Waals surface area contributed by atoms with Crippen molar-refractivity contribution in [2.24, 2.45) is 0 Å². The summed E-state index contributed by atoms with van der Waals surface area (Å²) >= 11 is 0. The lowest BCUT2D eigenvalue weighted by molar-refractivity contribution is 0.103. The highest BCUT2D eigenvalue weighted by atomic mass is 16.1. The molecule has 0 spiro atoms. The van der Waals surface area contributed by atoms with Crippen molar-refractivity contribution in [2.45, 2.75) is 44.2 Å². The summed E-state index contributed by atoms with van der Waals surface area (Å²) < 4.78 is 0. The summed E-state index contributed by atoms with van der Waals surface area (Å²) in [4.78, 5) is 13.0. The number of rotatable bonds is 3. The molecule has 1 saturated carbocycles. The standard InChI is InChI=1S/C23H22N2O/c24-15-17-12-10-16(11-13-17)14-21-22(25-18-6-2-1-3-7-18)19-8-4-5-9-20(19)23(21)26/h4-5,8-14,18,22,25H,1-3,6-7H2. The molecule has 2 aliphatic carbocycles. The Balaban J connectivity index is 1.69. The van der Waals surface area contributed by atoms with Gasteiger partial charge in [-0.15, -0.1) is 0 Å². The van der Waals surface area contributed by atoms with E-state index in [-0.39, 0.29) is 11.8 Å². The van der Waals surface area contributed by atoms with Crippen LogP contribution >= 0.6 is 0 Å². The smallest absolute Gasteiger partial charge is 0.191 e. The van der Waals surface area contributed by atoms with Crippen LogP contribution in [0, 0.1) is 11.3 Å². The maximum absolute atomic E-state index is 13.0. The van der Waals surface area contributed by atoms with Crippen molar-refractivity contribution in [3.8, 4) is 6.07 Å². The first-order valence-corrected chi connectivity index (χ1v) is 9.37. The van der Waals surface area contributed by atoms with Gasteiger partial charge in [0.15, 0.2) is 5.78 Å². The quantitative estimate of drug-likeness (QED) is 0.815. The molecule has 1 atom stereocenters. The summed E-state index contributed by atoms with van der Waals surface area (Å²) in [6, 6.07) is 17.9. The van der Waals surface area contributed by atoms with Crippen molar-refractivity contribution in [2.75, 3.05) is 0 Å². The van der Waals surface area contributed by atoms with Crippen molar-refractivity contribution in [3.05, 3.63) is 76.4 Å².